The number of aliphatic hydroxyl groups is 1. The quantitative estimate of drug-likeness (QED) is 0.837. The lowest BCUT2D eigenvalue weighted by molar-refractivity contribution is 0.0566. The number of aromatic nitrogens is 3. The van der Waals surface area contributed by atoms with Gasteiger partial charge in [-0.05, 0) is 12.5 Å². The van der Waals surface area contributed by atoms with Crippen LogP contribution in [0.15, 0.2) is 36.5 Å². The molecule has 1 aromatic heterocycles. The predicted molar refractivity (Wildman–Crippen MR) is 95.9 cm³/mol. The Hall–Kier alpha value is -2.94. The fraction of sp³-hybridized carbons (Fsp3) is 0.444. The fourth-order valence-corrected chi connectivity index (χ4v) is 2.91. The van der Waals surface area contributed by atoms with Gasteiger partial charge in [0.15, 0.2) is 5.69 Å². The van der Waals surface area contributed by atoms with E-state index in [1.807, 2.05) is 30.3 Å². The highest BCUT2D eigenvalue weighted by molar-refractivity contribution is 5.92. The van der Waals surface area contributed by atoms with Crippen molar-refractivity contribution in [3.63, 3.8) is 0 Å². The summed E-state index contributed by atoms with van der Waals surface area (Å²) in [6, 6.07) is 9.24. The van der Waals surface area contributed by atoms with E-state index in [0.717, 1.165) is 5.56 Å². The van der Waals surface area contributed by atoms with E-state index in [1.54, 1.807) is 16.7 Å². The Balaban J connectivity index is 1.55. The van der Waals surface area contributed by atoms with Crippen molar-refractivity contribution in [2.24, 2.45) is 0 Å². The lowest BCUT2D eigenvalue weighted by Crippen LogP contribution is -2.50. The summed E-state index contributed by atoms with van der Waals surface area (Å²) in [5, 5.41) is 18.1. The molecule has 9 nitrogen and oxygen atoms in total. The van der Waals surface area contributed by atoms with Crippen molar-refractivity contribution in [2.45, 2.75) is 19.6 Å². The summed E-state index contributed by atoms with van der Waals surface area (Å²) in [5.74, 6) is -0.237. The number of aliphatic hydroxyl groups excluding tert-OH is 1. The third kappa shape index (κ3) is 4.62. The molecule has 27 heavy (non-hydrogen) atoms. The average molecular weight is 373 g/mol. The zero-order valence-electron chi connectivity index (χ0n) is 15.2. The molecule has 0 bridgehead atoms. The van der Waals surface area contributed by atoms with Gasteiger partial charge in [-0.3, -0.25) is 4.79 Å². The highest BCUT2D eigenvalue weighted by Gasteiger charge is 2.27. The van der Waals surface area contributed by atoms with Gasteiger partial charge in [-0.25, -0.2) is 9.48 Å². The van der Waals surface area contributed by atoms with Crippen LogP contribution < -0.4 is 0 Å². The van der Waals surface area contributed by atoms with Crippen molar-refractivity contribution in [2.75, 3.05) is 32.8 Å². The van der Waals surface area contributed by atoms with Crippen molar-refractivity contribution < 1.29 is 19.4 Å². The van der Waals surface area contributed by atoms with Crippen molar-refractivity contribution in [1.82, 2.24) is 24.8 Å². The Morgan fingerprint density at radius 3 is 2.48 bits per heavy atom. The average Bonchev–Trinajstić information content (AvgIpc) is 3.17. The highest BCUT2D eigenvalue weighted by Crippen LogP contribution is 2.14. The Bertz CT molecular complexity index is 771. The smallest absolute Gasteiger partial charge is 0.409 e. The molecular formula is C18H23N5O4. The lowest BCUT2D eigenvalue weighted by Gasteiger charge is -2.33. The van der Waals surface area contributed by atoms with E-state index < -0.39 is 6.10 Å². The number of piperazine rings is 1. The molecule has 0 radical (unpaired) electrons. The van der Waals surface area contributed by atoms with Crippen molar-refractivity contribution in [1.29, 1.82) is 0 Å². The van der Waals surface area contributed by atoms with Gasteiger partial charge in [0.2, 0.25) is 0 Å². The van der Waals surface area contributed by atoms with Gasteiger partial charge in [-0.2, -0.15) is 0 Å². The molecule has 2 amide bonds. The van der Waals surface area contributed by atoms with Crippen LogP contribution in [0.2, 0.25) is 0 Å². The normalized spacial score (nSPS) is 15.5. The van der Waals surface area contributed by atoms with Crippen molar-refractivity contribution >= 4 is 12.0 Å². The number of hydrogen-bond acceptors (Lipinski definition) is 6. The monoisotopic (exact) mass is 373 g/mol. The molecule has 2 heterocycles. The minimum absolute atomic E-state index is 0.209. The van der Waals surface area contributed by atoms with Gasteiger partial charge in [0, 0.05) is 26.2 Å². The zero-order valence-corrected chi connectivity index (χ0v) is 15.2. The highest BCUT2D eigenvalue weighted by atomic mass is 16.6. The summed E-state index contributed by atoms with van der Waals surface area (Å²) < 4.78 is 6.43. The number of ether oxygens (including phenoxy) is 1. The third-order valence-corrected chi connectivity index (χ3v) is 4.40. The summed E-state index contributed by atoms with van der Waals surface area (Å²) in [6.45, 7) is 3.97. The van der Waals surface area contributed by atoms with Gasteiger partial charge in [-0.1, -0.05) is 35.5 Å². The summed E-state index contributed by atoms with van der Waals surface area (Å²) in [6.07, 6.45) is 0.445. The number of carbonyl (C=O) groups excluding carboxylic acids is 2. The van der Waals surface area contributed by atoms with E-state index >= 15 is 0 Å². The molecule has 1 atom stereocenters. The Morgan fingerprint density at radius 2 is 1.81 bits per heavy atom. The van der Waals surface area contributed by atoms with Gasteiger partial charge >= 0.3 is 6.09 Å². The molecule has 1 aliphatic rings. The first-order valence-electron chi connectivity index (χ1n) is 8.92. The predicted octanol–water partition coefficient (Wildman–Crippen LogP) is 0.926. The Morgan fingerprint density at radius 1 is 1.15 bits per heavy atom. The molecule has 9 heteroatoms. The fourth-order valence-electron chi connectivity index (χ4n) is 2.91. The minimum Gasteiger partial charge on any atom is -0.450 e. The number of carbonyl (C=O) groups is 2. The van der Waals surface area contributed by atoms with Crippen LogP contribution in [0.3, 0.4) is 0 Å². The maximum absolute atomic E-state index is 12.6. The van der Waals surface area contributed by atoms with Crippen LogP contribution in [0.25, 0.3) is 0 Å². The Labute approximate surface area is 157 Å². The van der Waals surface area contributed by atoms with E-state index in [2.05, 4.69) is 10.3 Å². The topological polar surface area (TPSA) is 101 Å². The van der Waals surface area contributed by atoms with Gasteiger partial charge in [0.25, 0.3) is 5.91 Å². The van der Waals surface area contributed by atoms with Crippen LogP contribution in [-0.2, 0) is 11.3 Å². The number of benzene rings is 1. The second-order valence-corrected chi connectivity index (χ2v) is 6.23. The number of rotatable bonds is 5. The van der Waals surface area contributed by atoms with E-state index in [4.69, 9.17) is 4.74 Å². The largest absolute Gasteiger partial charge is 0.450 e. The first-order valence-corrected chi connectivity index (χ1v) is 8.92. The molecule has 0 unspecified atom stereocenters. The number of amides is 2. The lowest BCUT2D eigenvalue weighted by atomic mass is 10.1. The molecule has 3 rings (SSSR count). The van der Waals surface area contributed by atoms with Crippen LogP contribution in [0.4, 0.5) is 4.79 Å². The Kier molecular flexibility index (Phi) is 6.02. The second-order valence-electron chi connectivity index (χ2n) is 6.23. The maximum atomic E-state index is 12.6. The summed E-state index contributed by atoms with van der Waals surface area (Å²) in [7, 11) is 0. The summed E-state index contributed by atoms with van der Waals surface area (Å²) in [4.78, 5) is 27.5. The number of nitrogens with zero attached hydrogens (tertiary/aromatic N) is 5. The van der Waals surface area contributed by atoms with E-state index in [0.29, 0.717) is 32.8 Å². The van der Waals surface area contributed by atoms with E-state index in [-0.39, 0.29) is 24.2 Å². The molecule has 1 fully saturated rings. The standard InChI is InChI=1S/C18H23N5O4/c1-2-27-18(26)22-10-8-21(9-11-22)17(25)15-12-23(20-19-15)13-16(24)14-6-4-3-5-7-14/h3-7,12,16,24H,2,8-11,13H2,1H3/t16-/m0/s1. The molecule has 144 valence electrons. The van der Waals surface area contributed by atoms with Crippen LogP contribution in [0, 0.1) is 0 Å². The van der Waals surface area contributed by atoms with Gasteiger partial charge < -0.3 is 19.6 Å². The molecule has 1 aliphatic heterocycles. The third-order valence-electron chi connectivity index (χ3n) is 4.40. The van der Waals surface area contributed by atoms with Gasteiger partial charge in [0.1, 0.15) is 0 Å². The minimum atomic E-state index is -0.732. The van der Waals surface area contributed by atoms with Crippen molar-refractivity contribution in [3.05, 3.63) is 47.8 Å². The van der Waals surface area contributed by atoms with Crippen LogP contribution >= 0.6 is 0 Å². The first-order chi connectivity index (χ1) is 13.1. The summed E-state index contributed by atoms with van der Waals surface area (Å²) >= 11 is 0. The van der Waals surface area contributed by atoms with Crippen molar-refractivity contribution in [3.8, 4) is 0 Å². The van der Waals surface area contributed by atoms with Crippen LogP contribution in [-0.4, -0.2) is 74.7 Å². The molecule has 0 aliphatic carbocycles. The second kappa shape index (κ2) is 8.63. The van der Waals surface area contributed by atoms with E-state index in [9.17, 15) is 14.7 Å². The molecule has 0 spiro atoms. The molecule has 2 aromatic rings. The van der Waals surface area contributed by atoms with Gasteiger partial charge in [-0.15, -0.1) is 5.10 Å². The number of hydrogen-bond donors (Lipinski definition) is 1. The molecule has 1 N–H and O–H groups in total. The molecule has 0 saturated carbocycles. The molecule has 1 saturated heterocycles. The molecule has 1 aromatic carbocycles. The maximum Gasteiger partial charge on any atom is 0.409 e. The van der Waals surface area contributed by atoms with E-state index in [1.165, 1.54) is 10.9 Å². The van der Waals surface area contributed by atoms with Gasteiger partial charge in [0.05, 0.1) is 25.5 Å². The zero-order chi connectivity index (χ0) is 19.2. The van der Waals surface area contributed by atoms with Crippen LogP contribution in [0.5, 0.6) is 0 Å². The first kappa shape index (κ1) is 18.8. The summed E-state index contributed by atoms with van der Waals surface area (Å²) in [5.41, 5.74) is 0.996. The molecular weight excluding hydrogens is 350 g/mol. The SMILES string of the molecule is CCOC(=O)N1CCN(C(=O)c2cn(C[C@H](O)c3ccccc3)nn2)CC1. The van der Waals surface area contributed by atoms with Crippen LogP contribution in [0.1, 0.15) is 29.1 Å².